The molecule has 2 rings (SSSR count). The molecule has 0 spiro atoms. The molecule has 2 aromatic carbocycles. The Morgan fingerprint density at radius 2 is 1.79 bits per heavy atom. The van der Waals surface area contributed by atoms with E-state index < -0.39 is 17.8 Å². The lowest BCUT2D eigenvalue weighted by Crippen LogP contribution is -2.36. The number of anilines is 1. The fourth-order valence-corrected chi connectivity index (χ4v) is 2.34. The monoisotopic (exact) mass is 336 g/mol. The van der Waals surface area contributed by atoms with Crippen molar-refractivity contribution in [3.05, 3.63) is 65.7 Å². The average molecular weight is 336 g/mol. The molecule has 24 heavy (non-hydrogen) atoms. The van der Waals surface area contributed by atoms with E-state index in [-0.39, 0.29) is 12.5 Å². The number of benzene rings is 2. The lowest BCUT2D eigenvalue weighted by Gasteiger charge is -2.21. The molecule has 0 aliphatic rings. The zero-order chi connectivity index (χ0) is 17.7. The van der Waals surface area contributed by atoms with Crippen molar-refractivity contribution < 1.29 is 18.0 Å². The van der Waals surface area contributed by atoms with Crippen LogP contribution in [-0.2, 0) is 11.0 Å². The van der Waals surface area contributed by atoms with E-state index in [2.05, 4.69) is 5.32 Å². The molecule has 0 radical (unpaired) electrons. The molecule has 0 fully saturated rings. The van der Waals surface area contributed by atoms with Crippen LogP contribution in [0.2, 0.25) is 0 Å². The Hall–Kier alpha value is -2.50. The maximum absolute atomic E-state index is 12.8. The van der Waals surface area contributed by atoms with Crippen molar-refractivity contribution in [3.63, 3.8) is 0 Å². The van der Waals surface area contributed by atoms with Crippen molar-refractivity contribution >= 4 is 11.6 Å². The number of carbonyl (C=O) groups excluding carboxylic acids is 1. The Labute approximate surface area is 139 Å². The normalized spacial score (nSPS) is 12.5. The van der Waals surface area contributed by atoms with Gasteiger partial charge in [-0.05, 0) is 36.8 Å². The van der Waals surface area contributed by atoms with Crippen LogP contribution in [0.1, 0.15) is 24.1 Å². The first-order valence-corrected chi connectivity index (χ1v) is 7.50. The second kappa shape index (κ2) is 7.38. The van der Waals surface area contributed by atoms with E-state index in [1.165, 1.54) is 6.07 Å². The minimum atomic E-state index is -4.40. The molecular formula is C18H19F3N2O. The fraction of sp³-hybridized carbons (Fsp3) is 0.278. The topological polar surface area (TPSA) is 32.3 Å². The van der Waals surface area contributed by atoms with Crippen molar-refractivity contribution in [1.29, 1.82) is 0 Å². The molecule has 0 aliphatic heterocycles. The van der Waals surface area contributed by atoms with Crippen molar-refractivity contribution in [2.45, 2.75) is 19.1 Å². The summed E-state index contributed by atoms with van der Waals surface area (Å²) in [6.07, 6.45) is -4.40. The zero-order valence-corrected chi connectivity index (χ0v) is 13.5. The van der Waals surface area contributed by atoms with Crippen LogP contribution in [0.15, 0.2) is 54.6 Å². The summed E-state index contributed by atoms with van der Waals surface area (Å²) in [6.45, 7) is 1.78. The number of nitrogens with one attached hydrogen (secondary N) is 1. The predicted molar refractivity (Wildman–Crippen MR) is 87.7 cm³/mol. The second-order valence-electron chi connectivity index (χ2n) is 5.60. The molecule has 0 heterocycles. The van der Waals surface area contributed by atoms with Crippen LogP contribution in [0.5, 0.6) is 0 Å². The SMILES string of the molecule is CC(NC(=O)CN(C)c1ccccc1)c1cccc(C(F)(F)F)c1. The van der Waals surface area contributed by atoms with E-state index in [0.29, 0.717) is 5.56 Å². The van der Waals surface area contributed by atoms with Crippen LogP contribution in [-0.4, -0.2) is 19.5 Å². The highest BCUT2D eigenvalue weighted by atomic mass is 19.4. The van der Waals surface area contributed by atoms with E-state index in [0.717, 1.165) is 17.8 Å². The van der Waals surface area contributed by atoms with Gasteiger partial charge in [0.05, 0.1) is 18.2 Å². The van der Waals surface area contributed by atoms with Gasteiger partial charge in [0.15, 0.2) is 0 Å². The van der Waals surface area contributed by atoms with E-state index in [1.54, 1.807) is 24.9 Å². The number of hydrogen-bond donors (Lipinski definition) is 1. The van der Waals surface area contributed by atoms with E-state index in [4.69, 9.17) is 0 Å². The van der Waals surface area contributed by atoms with Gasteiger partial charge in [-0.3, -0.25) is 4.79 Å². The number of halogens is 3. The van der Waals surface area contributed by atoms with Crippen LogP contribution in [0.3, 0.4) is 0 Å². The third-order valence-electron chi connectivity index (χ3n) is 3.67. The number of para-hydroxylation sites is 1. The van der Waals surface area contributed by atoms with Gasteiger partial charge in [-0.1, -0.05) is 30.3 Å². The first-order valence-electron chi connectivity index (χ1n) is 7.50. The van der Waals surface area contributed by atoms with Gasteiger partial charge in [-0.2, -0.15) is 13.2 Å². The Bertz CT molecular complexity index is 686. The molecule has 0 saturated carbocycles. The number of alkyl halides is 3. The van der Waals surface area contributed by atoms with Crippen molar-refractivity contribution in [2.24, 2.45) is 0 Å². The fourth-order valence-electron chi connectivity index (χ4n) is 2.34. The number of likely N-dealkylation sites (N-methyl/N-ethyl adjacent to an activating group) is 1. The highest BCUT2D eigenvalue weighted by Crippen LogP contribution is 2.30. The molecule has 0 aliphatic carbocycles. The Morgan fingerprint density at radius 1 is 1.12 bits per heavy atom. The summed E-state index contributed by atoms with van der Waals surface area (Å²) >= 11 is 0. The average Bonchev–Trinajstić information content (AvgIpc) is 2.54. The molecule has 1 unspecified atom stereocenters. The minimum absolute atomic E-state index is 0.118. The molecule has 1 N–H and O–H groups in total. The van der Waals surface area contributed by atoms with Crippen LogP contribution < -0.4 is 10.2 Å². The minimum Gasteiger partial charge on any atom is -0.365 e. The molecule has 1 amide bonds. The maximum Gasteiger partial charge on any atom is 0.416 e. The molecule has 2 aromatic rings. The van der Waals surface area contributed by atoms with Gasteiger partial charge < -0.3 is 10.2 Å². The van der Waals surface area contributed by atoms with E-state index in [9.17, 15) is 18.0 Å². The van der Waals surface area contributed by atoms with Gasteiger partial charge in [-0.15, -0.1) is 0 Å². The summed E-state index contributed by atoms with van der Waals surface area (Å²) in [5, 5.41) is 2.73. The Balaban J connectivity index is 1.99. The first-order chi connectivity index (χ1) is 11.3. The summed E-state index contributed by atoms with van der Waals surface area (Å²) in [6, 6.07) is 13.9. The summed E-state index contributed by atoms with van der Waals surface area (Å²) < 4.78 is 38.3. The standard InChI is InChI=1S/C18H19F3N2O/c1-13(14-7-6-8-15(11-14)18(19,20)21)22-17(24)12-23(2)16-9-4-3-5-10-16/h3-11,13H,12H2,1-2H3,(H,22,24). The van der Waals surface area contributed by atoms with Gasteiger partial charge in [0.2, 0.25) is 5.91 Å². The van der Waals surface area contributed by atoms with Gasteiger partial charge in [0.1, 0.15) is 0 Å². The molecule has 1 atom stereocenters. The maximum atomic E-state index is 12.8. The number of rotatable bonds is 5. The van der Waals surface area contributed by atoms with Crippen LogP contribution >= 0.6 is 0 Å². The van der Waals surface area contributed by atoms with Crippen molar-refractivity contribution in [2.75, 3.05) is 18.5 Å². The molecule has 6 heteroatoms. The van der Waals surface area contributed by atoms with Gasteiger partial charge >= 0.3 is 6.18 Å². The third kappa shape index (κ3) is 4.75. The number of amides is 1. The largest absolute Gasteiger partial charge is 0.416 e. The number of hydrogen-bond acceptors (Lipinski definition) is 2. The number of nitrogens with zero attached hydrogens (tertiary/aromatic N) is 1. The van der Waals surface area contributed by atoms with Crippen molar-refractivity contribution in [1.82, 2.24) is 5.32 Å². The van der Waals surface area contributed by atoms with Crippen molar-refractivity contribution in [3.8, 4) is 0 Å². The lowest BCUT2D eigenvalue weighted by molar-refractivity contribution is -0.137. The van der Waals surface area contributed by atoms with Gasteiger partial charge in [-0.25, -0.2) is 0 Å². The zero-order valence-electron chi connectivity index (χ0n) is 13.5. The van der Waals surface area contributed by atoms with E-state index >= 15 is 0 Å². The highest BCUT2D eigenvalue weighted by Gasteiger charge is 2.30. The van der Waals surface area contributed by atoms with Crippen LogP contribution in [0.25, 0.3) is 0 Å². The van der Waals surface area contributed by atoms with E-state index in [1.807, 2.05) is 30.3 Å². The van der Waals surface area contributed by atoms with Crippen LogP contribution in [0, 0.1) is 0 Å². The lowest BCUT2D eigenvalue weighted by atomic mass is 10.0. The van der Waals surface area contributed by atoms with Crippen LogP contribution in [0.4, 0.5) is 18.9 Å². The number of carbonyl (C=O) groups is 1. The summed E-state index contributed by atoms with van der Waals surface area (Å²) in [7, 11) is 1.78. The second-order valence-corrected chi connectivity index (χ2v) is 5.60. The smallest absolute Gasteiger partial charge is 0.365 e. The summed E-state index contributed by atoms with van der Waals surface area (Å²) in [5.41, 5.74) is 0.586. The Kier molecular flexibility index (Phi) is 5.49. The molecule has 128 valence electrons. The quantitative estimate of drug-likeness (QED) is 0.894. The summed E-state index contributed by atoms with van der Waals surface area (Å²) in [4.78, 5) is 13.9. The third-order valence-corrected chi connectivity index (χ3v) is 3.67. The van der Waals surface area contributed by atoms with Gasteiger partial charge in [0.25, 0.3) is 0 Å². The predicted octanol–water partition coefficient (Wildman–Crippen LogP) is 4.02. The highest BCUT2D eigenvalue weighted by molar-refractivity contribution is 5.81. The summed E-state index contributed by atoms with van der Waals surface area (Å²) in [5.74, 6) is -0.258. The molecule has 3 nitrogen and oxygen atoms in total. The Morgan fingerprint density at radius 3 is 2.42 bits per heavy atom. The molecule has 0 saturated heterocycles. The molecule has 0 aromatic heterocycles. The molecular weight excluding hydrogens is 317 g/mol. The molecule has 0 bridgehead atoms. The first kappa shape index (κ1) is 17.8. The van der Waals surface area contributed by atoms with Gasteiger partial charge in [0, 0.05) is 12.7 Å².